The molecule has 2 atom stereocenters. The standard InChI is InChI=1S/C20H32NO4P/c1-19(2,3)23-16-11-8-12-17(18(16)24-20(4,5)6)25-26(22)15-10-7-9-14(21)13-15/h8,11-12,14H,7,9-10,13,21H2,1-6H3. The molecule has 1 aromatic carbocycles. The first kappa shape index (κ1) is 21.0. The molecule has 5 nitrogen and oxygen atoms in total. The van der Waals surface area contributed by atoms with Crippen molar-refractivity contribution >= 4 is 13.3 Å². The van der Waals surface area contributed by atoms with Gasteiger partial charge in [-0.15, -0.1) is 0 Å². The lowest BCUT2D eigenvalue weighted by Crippen LogP contribution is -2.29. The zero-order chi connectivity index (χ0) is 19.5. The zero-order valence-electron chi connectivity index (χ0n) is 16.8. The predicted molar refractivity (Wildman–Crippen MR) is 106 cm³/mol. The molecule has 2 N–H and O–H groups in total. The van der Waals surface area contributed by atoms with Gasteiger partial charge in [0.2, 0.25) is 11.5 Å². The van der Waals surface area contributed by atoms with Gasteiger partial charge >= 0.3 is 0 Å². The van der Waals surface area contributed by atoms with Crippen LogP contribution < -0.4 is 24.6 Å². The highest BCUT2D eigenvalue weighted by Gasteiger charge is 2.27. The molecule has 0 spiro atoms. The number of hydrogen-bond donors (Lipinski definition) is 1. The average molecular weight is 381 g/mol. The number of hydrogen-bond acceptors (Lipinski definition) is 5. The average Bonchev–Trinajstić information content (AvgIpc) is 2.48. The van der Waals surface area contributed by atoms with Gasteiger partial charge in [-0.25, -0.2) is 0 Å². The van der Waals surface area contributed by atoms with Crippen LogP contribution in [0.25, 0.3) is 0 Å². The van der Waals surface area contributed by atoms with Crippen molar-refractivity contribution in [1.82, 2.24) is 0 Å². The Morgan fingerprint density at radius 3 is 2.23 bits per heavy atom. The molecule has 1 aliphatic carbocycles. The molecule has 0 radical (unpaired) electrons. The van der Waals surface area contributed by atoms with Gasteiger partial charge in [0.05, 0.1) is 0 Å². The summed E-state index contributed by atoms with van der Waals surface area (Å²) in [5.74, 6) is 1.51. The maximum atomic E-state index is 12.8. The van der Waals surface area contributed by atoms with E-state index in [9.17, 15) is 4.89 Å². The minimum absolute atomic E-state index is 0.0714. The van der Waals surface area contributed by atoms with Crippen LogP contribution in [0, 0.1) is 0 Å². The summed E-state index contributed by atoms with van der Waals surface area (Å²) in [7, 11) is -1.95. The van der Waals surface area contributed by atoms with E-state index in [1.54, 1.807) is 6.07 Å². The van der Waals surface area contributed by atoms with Crippen LogP contribution in [0.15, 0.2) is 18.2 Å². The number of ether oxygens (including phenoxy) is 2. The van der Waals surface area contributed by atoms with E-state index < -0.39 is 13.6 Å². The molecule has 146 valence electrons. The molecule has 0 saturated heterocycles. The van der Waals surface area contributed by atoms with Gasteiger partial charge in [0.1, 0.15) is 16.5 Å². The molecular formula is C20H32NO4P. The second-order valence-corrected chi connectivity index (χ2v) is 10.1. The number of para-hydroxylation sites is 1. The Balaban J connectivity index is 2.37. The minimum Gasteiger partial charge on any atom is -0.595 e. The summed E-state index contributed by atoms with van der Waals surface area (Å²) in [6.45, 7) is 11.8. The van der Waals surface area contributed by atoms with E-state index in [0.717, 1.165) is 24.6 Å². The van der Waals surface area contributed by atoms with E-state index in [4.69, 9.17) is 19.7 Å². The lowest BCUT2D eigenvalue weighted by Gasteiger charge is -2.27. The molecule has 0 heterocycles. The highest BCUT2D eigenvalue weighted by atomic mass is 31.1. The number of benzene rings is 1. The second-order valence-electron chi connectivity index (χ2n) is 8.78. The van der Waals surface area contributed by atoms with Crippen molar-refractivity contribution in [3.63, 3.8) is 0 Å². The van der Waals surface area contributed by atoms with Crippen LogP contribution >= 0.6 is 8.00 Å². The fraction of sp³-hybridized carbons (Fsp3) is 0.650. The Labute approximate surface area is 158 Å². The highest BCUT2D eigenvalue weighted by molar-refractivity contribution is 7.47. The van der Waals surface area contributed by atoms with Crippen LogP contribution in [-0.4, -0.2) is 22.5 Å². The van der Waals surface area contributed by atoms with Crippen LogP contribution in [0.1, 0.15) is 67.2 Å². The van der Waals surface area contributed by atoms with Gasteiger partial charge in [-0.1, -0.05) is 6.07 Å². The Bertz CT molecular complexity index is 659. The molecule has 2 unspecified atom stereocenters. The molecule has 0 amide bonds. The third-order valence-electron chi connectivity index (χ3n) is 3.74. The number of rotatable bonds is 4. The van der Waals surface area contributed by atoms with E-state index in [1.165, 1.54) is 0 Å². The molecule has 26 heavy (non-hydrogen) atoms. The molecule has 1 aliphatic rings. The first-order chi connectivity index (χ1) is 11.9. The molecule has 0 bridgehead atoms. The maximum absolute atomic E-state index is 12.8. The summed E-state index contributed by atoms with van der Waals surface area (Å²) in [6.07, 6.45) is 3.39. The summed E-state index contributed by atoms with van der Waals surface area (Å²) in [6, 6.07) is 5.51. The topological polar surface area (TPSA) is 76.8 Å². The summed E-state index contributed by atoms with van der Waals surface area (Å²) in [5.41, 5.74) is 5.18. The summed E-state index contributed by atoms with van der Waals surface area (Å²) in [4.78, 5) is 12.8. The van der Waals surface area contributed by atoms with Gasteiger partial charge in [0.15, 0.2) is 5.75 Å². The molecule has 0 aliphatic heterocycles. The molecule has 0 aromatic heterocycles. The van der Waals surface area contributed by atoms with Crippen molar-refractivity contribution in [3.8, 4) is 17.2 Å². The Morgan fingerprint density at radius 2 is 1.65 bits per heavy atom. The van der Waals surface area contributed by atoms with Crippen molar-refractivity contribution in [2.75, 3.05) is 0 Å². The smallest absolute Gasteiger partial charge is 0.276 e. The number of nitrogens with two attached hydrogens (primary N) is 1. The zero-order valence-corrected chi connectivity index (χ0v) is 17.7. The maximum Gasteiger partial charge on any atom is 0.276 e. The monoisotopic (exact) mass is 381 g/mol. The van der Waals surface area contributed by atoms with Gasteiger partial charge in [0.25, 0.3) is 8.00 Å². The van der Waals surface area contributed by atoms with Crippen LogP contribution in [0.3, 0.4) is 0 Å². The SMILES string of the molecule is CC(C)(C)Oc1cccc(O/[P+]([O-])=C2\CCCC(N)C2)c1OC(C)(C)C. The lowest BCUT2D eigenvalue weighted by molar-refractivity contribution is -0.166. The Hall–Kier alpha value is -1.29. The summed E-state index contributed by atoms with van der Waals surface area (Å²) in [5, 5.41) is 0.891. The van der Waals surface area contributed by atoms with Crippen LogP contribution in [0.5, 0.6) is 17.2 Å². The van der Waals surface area contributed by atoms with Crippen LogP contribution in [-0.2, 0) is 0 Å². The molecule has 6 heteroatoms. The third-order valence-corrected chi connectivity index (χ3v) is 5.03. The lowest BCUT2D eigenvalue weighted by atomic mass is 9.96. The first-order valence-electron chi connectivity index (χ1n) is 9.21. The minimum atomic E-state index is -1.95. The van der Waals surface area contributed by atoms with Crippen molar-refractivity contribution in [2.45, 2.75) is 84.5 Å². The Kier molecular flexibility index (Phi) is 6.60. The largest absolute Gasteiger partial charge is 0.595 e. The van der Waals surface area contributed by atoms with E-state index in [-0.39, 0.29) is 11.6 Å². The molecule has 1 aromatic rings. The summed E-state index contributed by atoms with van der Waals surface area (Å²) >= 11 is 0. The highest BCUT2D eigenvalue weighted by Crippen LogP contribution is 2.43. The summed E-state index contributed by atoms with van der Waals surface area (Å²) < 4.78 is 18.0. The van der Waals surface area contributed by atoms with Crippen molar-refractivity contribution in [1.29, 1.82) is 0 Å². The Morgan fingerprint density at radius 1 is 1.04 bits per heavy atom. The molecule has 1 saturated carbocycles. The van der Waals surface area contributed by atoms with E-state index in [1.807, 2.05) is 53.7 Å². The van der Waals surface area contributed by atoms with E-state index in [0.29, 0.717) is 23.7 Å². The predicted octanol–water partition coefficient (Wildman–Crippen LogP) is 4.17. The first-order valence-corrected chi connectivity index (χ1v) is 10.4. The fourth-order valence-electron chi connectivity index (χ4n) is 2.78. The van der Waals surface area contributed by atoms with Gasteiger partial charge in [-0.3, -0.25) is 4.52 Å². The fourth-order valence-corrected chi connectivity index (χ4v) is 3.96. The van der Waals surface area contributed by atoms with Gasteiger partial charge < -0.3 is 20.1 Å². The van der Waals surface area contributed by atoms with Crippen molar-refractivity contribution in [2.24, 2.45) is 5.73 Å². The normalized spacial score (nSPS) is 20.5. The van der Waals surface area contributed by atoms with Gasteiger partial charge in [0, 0.05) is 18.9 Å². The van der Waals surface area contributed by atoms with Crippen LogP contribution in [0.4, 0.5) is 0 Å². The van der Waals surface area contributed by atoms with Gasteiger partial charge in [-0.05, 0) is 66.5 Å². The van der Waals surface area contributed by atoms with E-state index >= 15 is 0 Å². The molecule has 1 fully saturated rings. The quantitative estimate of drug-likeness (QED) is 0.792. The molecular weight excluding hydrogens is 349 g/mol. The van der Waals surface area contributed by atoms with Crippen LogP contribution in [0.2, 0.25) is 0 Å². The van der Waals surface area contributed by atoms with Crippen molar-refractivity contribution in [3.05, 3.63) is 18.2 Å². The second kappa shape index (κ2) is 8.16. The molecule has 2 rings (SSSR count). The third kappa shape index (κ3) is 6.46. The van der Waals surface area contributed by atoms with E-state index in [2.05, 4.69) is 0 Å². The van der Waals surface area contributed by atoms with Gasteiger partial charge in [-0.2, -0.15) is 0 Å². The van der Waals surface area contributed by atoms with Crippen molar-refractivity contribution < 1.29 is 18.9 Å².